The smallest absolute Gasteiger partial charge is 0.323 e. The average molecular weight is 1480 g/mol. The molecule has 30 nitrogen and oxygen atoms in total. The molecule has 1 fully saturated rings. The molecule has 3 atom stereocenters. The van der Waals surface area contributed by atoms with Gasteiger partial charge in [0.15, 0.2) is 11.7 Å². The van der Waals surface area contributed by atoms with Gasteiger partial charge in [0.25, 0.3) is 0 Å². The molecule has 2 aliphatic heterocycles. The van der Waals surface area contributed by atoms with E-state index in [0.717, 1.165) is 5.56 Å². The van der Waals surface area contributed by atoms with Gasteiger partial charge in [-0.05, 0) is 141 Å². The number of carboxylic acids is 1. The van der Waals surface area contributed by atoms with Crippen LogP contribution in [0.3, 0.4) is 0 Å². The zero-order valence-electron chi connectivity index (χ0n) is 61.3. The van der Waals surface area contributed by atoms with Crippen LogP contribution in [0.2, 0.25) is 0 Å². The predicted octanol–water partition coefficient (Wildman–Crippen LogP) is 4.66. The van der Waals surface area contributed by atoms with Gasteiger partial charge in [0.1, 0.15) is 28.9 Å². The zero-order chi connectivity index (χ0) is 75.4. The number of anilines is 2. The molecule has 4 aromatic rings. The zero-order valence-corrected chi connectivity index (χ0v) is 62.9. The number of nitrogens with zero attached hydrogens (tertiary/aromatic N) is 5. The molecule has 6 rings (SSSR count). The molecule has 2 aliphatic rings. The first-order valence-electron chi connectivity index (χ1n) is 35.0. The van der Waals surface area contributed by atoms with Gasteiger partial charge >= 0.3 is 23.9 Å². The van der Waals surface area contributed by atoms with E-state index in [4.69, 9.17) is 28.4 Å². The Morgan fingerprint density at radius 2 is 1.15 bits per heavy atom. The molecule has 0 radical (unpaired) electrons. The molecule has 0 aliphatic carbocycles. The highest BCUT2D eigenvalue weighted by Crippen LogP contribution is 2.31. The number of carbonyl (C=O) groups excluding carboxylic acids is 6. The maximum atomic E-state index is 13.5. The molecule has 8 N–H and O–H groups in total. The van der Waals surface area contributed by atoms with Crippen molar-refractivity contribution in [1.82, 2.24) is 50.1 Å². The summed E-state index contributed by atoms with van der Waals surface area (Å²) < 4.78 is 91.7. The molecule has 0 spiro atoms. The number of benzene rings is 3. The van der Waals surface area contributed by atoms with Gasteiger partial charge in [-0.1, -0.05) is 30.3 Å². The summed E-state index contributed by atoms with van der Waals surface area (Å²) in [5, 5.41) is 22.2. The Hall–Kier alpha value is -7.50. The summed E-state index contributed by atoms with van der Waals surface area (Å²) >= 11 is 0. The van der Waals surface area contributed by atoms with Crippen LogP contribution in [0.25, 0.3) is 11.1 Å². The van der Waals surface area contributed by atoms with E-state index in [1.54, 1.807) is 54.7 Å². The van der Waals surface area contributed by atoms with Gasteiger partial charge in [0.05, 0.1) is 55.5 Å². The van der Waals surface area contributed by atoms with Gasteiger partial charge in [0, 0.05) is 141 Å². The number of sulfonamides is 2. The summed E-state index contributed by atoms with van der Waals surface area (Å²) in [6.45, 7) is 23.3. The first-order valence-corrected chi connectivity index (χ1v) is 38.0. The number of ether oxygens (including phenoxy) is 6. The third-order valence-electron chi connectivity index (χ3n) is 16.3. The number of amides is 2. The van der Waals surface area contributed by atoms with Crippen molar-refractivity contribution in [3.8, 4) is 11.1 Å². The van der Waals surface area contributed by atoms with Crippen LogP contribution in [-0.4, -0.2) is 248 Å². The second kappa shape index (κ2) is 40.7. The predicted molar refractivity (Wildman–Crippen MR) is 387 cm³/mol. The topological polar surface area (TPSA) is 377 Å². The Labute approximate surface area is 606 Å². The number of likely N-dealkylation sites (N-methyl/N-ethyl adjacent to an activating group) is 1. The van der Waals surface area contributed by atoms with Gasteiger partial charge < -0.3 is 74.5 Å². The number of carboxylic acid groups (broad SMARTS) is 1. The molecular formula is C71H108N12O18S2. The number of nitrogens with one attached hydrogen (secondary N) is 7. The first kappa shape index (κ1) is 84.4. The molecule has 1 saturated heterocycles. The molecular weight excluding hydrogens is 1370 g/mol. The summed E-state index contributed by atoms with van der Waals surface area (Å²) in [5.74, 6) is -2.96. The van der Waals surface area contributed by atoms with Crippen LogP contribution in [0.4, 0.5) is 11.6 Å². The quantitative estimate of drug-likeness (QED) is 0.0172. The number of ketones is 1. The molecule has 572 valence electrons. The molecule has 103 heavy (non-hydrogen) atoms. The van der Waals surface area contributed by atoms with Crippen LogP contribution in [0.5, 0.6) is 0 Å². The van der Waals surface area contributed by atoms with Crippen LogP contribution >= 0.6 is 0 Å². The third kappa shape index (κ3) is 31.4. The number of fused-ring (bicyclic) bond motifs is 1. The molecule has 0 saturated carbocycles. The van der Waals surface area contributed by atoms with E-state index in [9.17, 15) is 55.5 Å². The number of aromatic amines is 1. The van der Waals surface area contributed by atoms with Crippen molar-refractivity contribution < 1.29 is 83.9 Å². The minimum Gasteiger partial charge on any atom is -0.480 e. The van der Waals surface area contributed by atoms with E-state index in [2.05, 4.69) is 55.4 Å². The lowest BCUT2D eigenvalue weighted by Crippen LogP contribution is -2.54. The Balaban J connectivity index is 0.851. The fourth-order valence-electron chi connectivity index (χ4n) is 11.0. The van der Waals surface area contributed by atoms with Crippen molar-refractivity contribution in [2.24, 2.45) is 0 Å². The second-order valence-electron chi connectivity index (χ2n) is 28.4. The normalized spacial score (nSPS) is 16.7. The minimum absolute atomic E-state index is 0.00837. The third-order valence-corrected chi connectivity index (χ3v) is 19.3. The molecule has 3 aromatic carbocycles. The van der Waals surface area contributed by atoms with Gasteiger partial charge in [0.2, 0.25) is 31.9 Å². The number of Topliss-reactive ketones (excluding diaryl/α,β-unsaturated/α-hetero) is 1. The van der Waals surface area contributed by atoms with Crippen LogP contribution in [0, 0.1) is 0 Å². The van der Waals surface area contributed by atoms with Crippen molar-refractivity contribution in [1.29, 1.82) is 0 Å². The van der Waals surface area contributed by atoms with Crippen LogP contribution in [-0.2, 0) is 83.8 Å². The molecule has 0 bridgehead atoms. The van der Waals surface area contributed by atoms with Crippen LogP contribution < -0.4 is 35.6 Å². The Morgan fingerprint density at radius 3 is 1.67 bits per heavy atom. The Morgan fingerprint density at radius 1 is 0.641 bits per heavy atom. The number of rotatable bonds is 38. The van der Waals surface area contributed by atoms with E-state index in [0.29, 0.717) is 146 Å². The fraction of sp³-hybridized carbons (Fsp3) is 0.606. The van der Waals surface area contributed by atoms with E-state index in [-0.39, 0.29) is 97.3 Å². The standard InChI is InChI=1S/C71H108N12O18S2/c1-69(2,3)99-63(86)24-32-81-31-23-54(77-50-83(34-26-65(88)101-71(7,8)9)38-37-82(36-35-81)33-25-64(87)100-70(4,5)6)46-62(85)72-27-11-39-96-41-43-98-44-42-97-40-12-28-78-102(92,93)55-18-14-52(15-19-55)53-16-20-56(21-17-53)103(94,95)79-58(67(90)91)49-75-66(89)60-47-61(84)57-22-13-51(45-59(57)80(60)10)48-76-68-73-29-30-74-68/h13-22,29-30,45,54,58,60,77-79H,11-12,23-28,31-44,46-50H2,1-10H3,(H,72,85)(H,75,89)(H,90,91)(H2,73,74,76). The highest BCUT2D eigenvalue weighted by molar-refractivity contribution is 7.89. The van der Waals surface area contributed by atoms with Crippen molar-refractivity contribution in [2.75, 3.05) is 136 Å². The summed E-state index contributed by atoms with van der Waals surface area (Å²) in [7, 11) is -6.68. The maximum absolute atomic E-state index is 13.5. The monoisotopic (exact) mass is 1480 g/mol. The van der Waals surface area contributed by atoms with Crippen molar-refractivity contribution in [3.05, 3.63) is 90.3 Å². The maximum Gasteiger partial charge on any atom is 0.323 e. The highest BCUT2D eigenvalue weighted by atomic mass is 32.2. The molecule has 1 aromatic heterocycles. The minimum atomic E-state index is -4.43. The van der Waals surface area contributed by atoms with Crippen LogP contribution in [0.15, 0.2) is 88.9 Å². The number of hydrogen-bond donors (Lipinski definition) is 8. The number of esters is 3. The molecule has 3 heterocycles. The summed E-state index contributed by atoms with van der Waals surface area (Å²) in [6, 6.07) is 13.8. The largest absolute Gasteiger partial charge is 0.480 e. The number of aliphatic carboxylic acids is 1. The fourth-order valence-corrected chi connectivity index (χ4v) is 13.3. The van der Waals surface area contributed by atoms with Gasteiger partial charge in [-0.3, -0.25) is 38.5 Å². The number of aromatic nitrogens is 2. The van der Waals surface area contributed by atoms with Crippen molar-refractivity contribution in [2.45, 2.75) is 165 Å². The number of hydrogen-bond acceptors (Lipinski definition) is 24. The van der Waals surface area contributed by atoms with E-state index in [1.807, 2.05) is 62.3 Å². The lowest BCUT2D eigenvalue weighted by atomic mass is 9.93. The van der Waals surface area contributed by atoms with Crippen molar-refractivity contribution in [3.63, 3.8) is 0 Å². The number of imidazole rings is 1. The van der Waals surface area contributed by atoms with Gasteiger partial charge in [-0.2, -0.15) is 4.72 Å². The van der Waals surface area contributed by atoms with Crippen molar-refractivity contribution >= 4 is 73.2 Å². The first-order chi connectivity index (χ1) is 48.6. The number of H-pyrrole nitrogens is 1. The summed E-state index contributed by atoms with van der Waals surface area (Å²) in [6.07, 6.45) is 5.40. The molecule has 2 amide bonds. The van der Waals surface area contributed by atoms with E-state index in [1.165, 1.54) is 36.4 Å². The van der Waals surface area contributed by atoms with E-state index < -0.39 is 67.4 Å². The Bertz CT molecular complexity index is 3560. The van der Waals surface area contributed by atoms with E-state index >= 15 is 0 Å². The average Bonchev–Trinajstić information content (AvgIpc) is 0.963. The van der Waals surface area contributed by atoms with Gasteiger partial charge in [-0.25, -0.2) is 26.5 Å². The van der Waals surface area contributed by atoms with Crippen LogP contribution in [0.1, 0.15) is 130 Å². The highest BCUT2D eigenvalue weighted by Gasteiger charge is 2.36. The SMILES string of the molecule is CN1c2cc(CNc3ncc[nH]3)ccc2C(=O)CC1C(=O)NCC(NS(=O)(=O)c1ccc(-c2ccc(S(=O)(=O)NCCCOCCOCCOCCCNC(=O)CC3CCN(CCC(=O)OC(C)(C)C)CCN(CCC(=O)OC(C)(C)C)CCN(CCC(=O)OC(C)(C)C)CN3)cc2)cc1)C(=O)O. The Kier molecular flexibility index (Phi) is 33.4. The lowest BCUT2D eigenvalue weighted by Gasteiger charge is -2.34. The second-order valence-corrected chi connectivity index (χ2v) is 31.8. The molecule has 32 heteroatoms. The van der Waals surface area contributed by atoms with Gasteiger partial charge in [-0.15, -0.1) is 0 Å². The summed E-state index contributed by atoms with van der Waals surface area (Å²) in [5.41, 5.74) is 1.01. The summed E-state index contributed by atoms with van der Waals surface area (Å²) in [4.78, 5) is 106. The lowest BCUT2D eigenvalue weighted by molar-refractivity contribution is -0.156. The molecule has 3 unspecified atom stereocenters. The number of carbonyl (C=O) groups is 7.